The van der Waals surface area contributed by atoms with Crippen molar-refractivity contribution in [3.63, 3.8) is 0 Å². The van der Waals surface area contributed by atoms with E-state index in [1.54, 1.807) is 7.11 Å². The summed E-state index contributed by atoms with van der Waals surface area (Å²) in [4.78, 5) is 0. The molecule has 0 bridgehead atoms. The molecule has 4 heteroatoms. The Morgan fingerprint density at radius 2 is 2.30 bits per heavy atom. The first-order valence-electron chi connectivity index (χ1n) is 7.45. The first kappa shape index (κ1) is 15.1. The molecule has 1 heterocycles. The average molecular weight is 279 g/mol. The van der Waals surface area contributed by atoms with Gasteiger partial charge in [0.25, 0.3) is 0 Å². The van der Waals surface area contributed by atoms with Gasteiger partial charge in [0.2, 0.25) is 0 Å². The van der Waals surface area contributed by atoms with E-state index < -0.39 is 0 Å². The number of methoxy groups -OCH3 is 1. The van der Waals surface area contributed by atoms with Crippen molar-refractivity contribution >= 4 is 0 Å². The fraction of sp³-hybridized carbons (Fsp3) is 0.625. The molecule has 1 unspecified atom stereocenters. The van der Waals surface area contributed by atoms with Gasteiger partial charge in [0.15, 0.2) is 0 Å². The lowest BCUT2D eigenvalue weighted by atomic mass is 10.2. The summed E-state index contributed by atoms with van der Waals surface area (Å²) in [5.41, 5.74) is 1.16. The van der Waals surface area contributed by atoms with Crippen LogP contribution in [0.3, 0.4) is 0 Å². The van der Waals surface area contributed by atoms with Gasteiger partial charge in [-0.3, -0.25) is 0 Å². The van der Waals surface area contributed by atoms with Crippen LogP contribution >= 0.6 is 0 Å². The molecule has 1 aliphatic heterocycles. The molecule has 0 amide bonds. The summed E-state index contributed by atoms with van der Waals surface area (Å²) in [6, 6.07) is 5.99. The predicted octanol–water partition coefficient (Wildman–Crippen LogP) is 2.75. The van der Waals surface area contributed by atoms with Gasteiger partial charge in [0.1, 0.15) is 18.1 Å². The molecule has 1 aromatic rings. The van der Waals surface area contributed by atoms with E-state index >= 15 is 0 Å². The zero-order valence-corrected chi connectivity index (χ0v) is 12.5. The topological polar surface area (TPSA) is 39.7 Å². The van der Waals surface area contributed by atoms with Crippen LogP contribution in [0.5, 0.6) is 11.5 Å². The Morgan fingerprint density at radius 1 is 1.40 bits per heavy atom. The SMILES string of the molecule is CCCNCc1ccc(OC)cc1OCC1CCCO1. The van der Waals surface area contributed by atoms with Gasteiger partial charge in [-0.1, -0.05) is 13.0 Å². The first-order chi connectivity index (χ1) is 9.83. The van der Waals surface area contributed by atoms with Gasteiger partial charge in [0, 0.05) is 24.8 Å². The molecule has 1 saturated heterocycles. The molecule has 1 fully saturated rings. The van der Waals surface area contributed by atoms with Crippen molar-refractivity contribution in [3.8, 4) is 11.5 Å². The number of rotatable bonds is 8. The maximum atomic E-state index is 5.95. The van der Waals surface area contributed by atoms with E-state index in [0.29, 0.717) is 6.61 Å². The van der Waals surface area contributed by atoms with Crippen LogP contribution in [0.2, 0.25) is 0 Å². The number of benzene rings is 1. The number of nitrogens with one attached hydrogen (secondary N) is 1. The third-order valence-corrected chi connectivity index (χ3v) is 3.47. The van der Waals surface area contributed by atoms with Gasteiger partial charge in [-0.25, -0.2) is 0 Å². The molecule has 20 heavy (non-hydrogen) atoms. The number of hydrogen-bond donors (Lipinski definition) is 1. The summed E-state index contributed by atoms with van der Waals surface area (Å²) in [7, 11) is 1.67. The highest BCUT2D eigenvalue weighted by atomic mass is 16.5. The van der Waals surface area contributed by atoms with Gasteiger partial charge in [-0.05, 0) is 31.9 Å². The molecular formula is C16H25NO3. The minimum absolute atomic E-state index is 0.234. The Kier molecular flexibility index (Phi) is 6.15. The van der Waals surface area contributed by atoms with Crippen LogP contribution in [-0.4, -0.2) is 33.0 Å². The lowest BCUT2D eigenvalue weighted by molar-refractivity contribution is 0.0675. The van der Waals surface area contributed by atoms with E-state index in [1.807, 2.05) is 12.1 Å². The molecule has 2 rings (SSSR count). The molecule has 0 aromatic heterocycles. The quantitative estimate of drug-likeness (QED) is 0.743. The van der Waals surface area contributed by atoms with Crippen LogP contribution in [0.1, 0.15) is 31.7 Å². The largest absolute Gasteiger partial charge is 0.497 e. The standard InChI is InChI=1S/C16H25NO3/c1-3-8-17-11-13-6-7-14(18-2)10-16(13)20-12-15-5-4-9-19-15/h6-7,10,15,17H,3-5,8-9,11-12H2,1-2H3. The van der Waals surface area contributed by atoms with E-state index in [4.69, 9.17) is 14.2 Å². The van der Waals surface area contributed by atoms with E-state index in [1.165, 1.54) is 0 Å². The van der Waals surface area contributed by atoms with Crippen LogP contribution in [-0.2, 0) is 11.3 Å². The van der Waals surface area contributed by atoms with Crippen molar-refractivity contribution in [3.05, 3.63) is 23.8 Å². The van der Waals surface area contributed by atoms with Crippen molar-refractivity contribution in [1.82, 2.24) is 5.32 Å². The van der Waals surface area contributed by atoms with Gasteiger partial charge in [-0.2, -0.15) is 0 Å². The van der Waals surface area contributed by atoms with Crippen LogP contribution in [0.15, 0.2) is 18.2 Å². The normalized spacial score (nSPS) is 18.2. The molecule has 1 aromatic carbocycles. The Balaban J connectivity index is 1.97. The zero-order valence-electron chi connectivity index (χ0n) is 12.5. The zero-order chi connectivity index (χ0) is 14.2. The second-order valence-corrected chi connectivity index (χ2v) is 5.10. The molecule has 0 radical (unpaired) electrons. The summed E-state index contributed by atoms with van der Waals surface area (Å²) < 4.78 is 16.8. The Morgan fingerprint density at radius 3 is 3.00 bits per heavy atom. The van der Waals surface area contributed by atoms with Crippen LogP contribution in [0.4, 0.5) is 0 Å². The molecule has 112 valence electrons. The molecule has 0 aliphatic carbocycles. The molecule has 1 atom stereocenters. The lowest BCUT2D eigenvalue weighted by Crippen LogP contribution is -2.18. The van der Waals surface area contributed by atoms with E-state index in [0.717, 1.165) is 56.0 Å². The lowest BCUT2D eigenvalue weighted by Gasteiger charge is -2.16. The summed E-state index contributed by atoms with van der Waals surface area (Å²) in [6.45, 7) is 5.47. The van der Waals surface area contributed by atoms with Crippen molar-refractivity contribution in [2.45, 2.75) is 38.8 Å². The van der Waals surface area contributed by atoms with Gasteiger partial charge < -0.3 is 19.5 Å². The molecule has 1 N–H and O–H groups in total. The molecular weight excluding hydrogens is 254 g/mol. The van der Waals surface area contributed by atoms with Crippen molar-refractivity contribution in [2.75, 3.05) is 26.9 Å². The smallest absolute Gasteiger partial charge is 0.127 e. The van der Waals surface area contributed by atoms with E-state index in [-0.39, 0.29) is 6.10 Å². The van der Waals surface area contributed by atoms with Crippen LogP contribution in [0.25, 0.3) is 0 Å². The highest BCUT2D eigenvalue weighted by Gasteiger charge is 2.17. The predicted molar refractivity (Wildman–Crippen MR) is 79.5 cm³/mol. The summed E-state index contributed by atoms with van der Waals surface area (Å²) >= 11 is 0. The van der Waals surface area contributed by atoms with Gasteiger partial charge in [-0.15, -0.1) is 0 Å². The Labute approximate surface area is 121 Å². The average Bonchev–Trinajstić information content (AvgIpc) is 2.99. The third-order valence-electron chi connectivity index (χ3n) is 3.47. The van der Waals surface area contributed by atoms with Crippen LogP contribution < -0.4 is 14.8 Å². The highest BCUT2D eigenvalue weighted by molar-refractivity contribution is 5.40. The molecule has 1 aliphatic rings. The second-order valence-electron chi connectivity index (χ2n) is 5.10. The minimum atomic E-state index is 0.234. The number of hydrogen-bond acceptors (Lipinski definition) is 4. The maximum Gasteiger partial charge on any atom is 0.127 e. The molecule has 0 saturated carbocycles. The second kappa shape index (κ2) is 8.12. The summed E-state index contributed by atoms with van der Waals surface area (Å²) in [6.07, 6.45) is 3.59. The first-order valence-corrected chi connectivity index (χ1v) is 7.45. The van der Waals surface area contributed by atoms with Crippen molar-refractivity contribution < 1.29 is 14.2 Å². The van der Waals surface area contributed by atoms with E-state index in [2.05, 4.69) is 18.3 Å². The monoisotopic (exact) mass is 279 g/mol. The molecule has 0 spiro atoms. The Hall–Kier alpha value is -1.26. The minimum Gasteiger partial charge on any atom is -0.497 e. The van der Waals surface area contributed by atoms with Gasteiger partial charge >= 0.3 is 0 Å². The Bertz CT molecular complexity index is 403. The fourth-order valence-electron chi connectivity index (χ4n) is 2.30. The molecule has 4 nitrogen and oxygen atoms in total. The van der Waals surface area contributed by atoms with Crippen molar-refractivity contribution in [2.24, 2.45) is 0 Å². The van der Waals surface area contributed by atoms with Crippen LogP contribution in [0, 0.1) is 0 Å². The van der Waals surface area contributed by atoms with Crippen molar-refractivity contribution in [1.29, 1.82) is 0 Å². The summed E-state index contributed by atoms with van der Waals surface area (Å²) in [5.74, 6) is 1.72. The fourth-order valence-corrected chi connectivity index (χ4v) is 2.30. The highest BCUT2D eigenvalue weighted by Crippen LogP contribution is 2.26. The summed E-state index contributed by atoms with van der Waals surface area (Å²) in [5, 5.41) is 3.41. The maximum absolute atomic E-state index is 5.95. The van der Waals surface area contributed by atoms with E-state index in [9.17, 15) is 0 Å². The van der Waals surface area contributed by atoms with Gasteiger partial charge in [0.05, 0.1) is 13.2 Å². The third kappa shape index (κ3) is 4.39. The number of ether oxygens (including phenoxy) is 3.